The van der Waals surface area contributed by atoms with Gasteiger partial charge in [0.15, 0.2) is 0 Å². The maximum Gasteiger partial charge on any atom is 0.411 e. The van der Waals surface area contributed by atoms with Gasteiger partial charge in [0.1, 0.15) is 5.70 Å². The fourth-order valence-corrected chi connectivity index (χ4v) is 0.725. The highest BCUT2D eigenvalue weighted by Gasteiger charge is 2.13. The molecule has 0 aliphatic heterocycles. The summed E-state index contributed by atoms with van der Waals surface area (Å²) in [4.78, 5) is 32.8. The Morgan fingerprint density at radius 1 is 1.06 bits per heavy atom. The molecule has 1 N–H and O–H groups in total. The molecular formula is C9H13NO6. The van der Waals surface area contributed by atoms with Crippen LogP contribution in [-0.2, 0) is 23.8 Å². The summed E-state index contributed by atoms with van der Waals surface area (Å²) in [5, 5.41) is 2.11. The minimum atomic E-state index is -0.832. The molecule has 0 fully saturated rings. The summed E-state index contributed by atoms with van der Waals surface area (Å²) in [6.45, 7) is 0. The second-order valence-electron chi connectivity index (χ2n) is 2.51. The fourth-order valence-electron chi connectivity index (χ4n) is 0.725. The molecule has 0 saturated heterocycles. The molecule has 0 saturated carbocycles. The lowest BCUT2D eigenvalue weighted by Crippen LogP contribution is -2.28. The van der Waals surface area contributed by atoms with Gasteiger partial charge in [-0.2, -0.15) is 0 Å². The average molecular weight is 231 g/mol. The van der Waals surface area contributed by atoms with E-state index in [1.54, 1.807) is 0 Å². The number of carbonyl (C=O) groups excluding carboxylic acids is 3. The summed E-state index contributed by atoms with van der Waals surface area (Å²) in [6, 6.07) is 0. The van der Waals surface area contributed by atoms with Gasteiger partial charge in [0.25, 0.3) is 0 Å². The molecule has 0 aliphatic carbocycles. The lowest BCUT2D eigenvalue weighted by Gasteiger charge is -2.06. The van der Waals surface area contributed by atoms with Crippen LogP contribution in [0.4, 0.5) is 4.79 Å². The molecule has 0 aromatic heterocycles. The topological polar surface area (TPSA) is 90.9 Å². The zero-order valence-corrected chi connectivity index (χ0v) is 9.23. The molecule has 0 atom stereocenters. The van der Waals surface area contributed by atoms with E-state index in [0.717, 1.165) is 14.2 Å². The first-order chi connectivity index (χ1) is 7.54. The van der Waals surface area contributed by atoms with Crippen molar-refractivity contribution in [2.45, 2.75) is 6.42 Å². The molecular weight excluding hydrogens is 218 g/mol. The minimum absolute atomic E-state index is 0.162. The lowest BCUT2D eigenvalue weighted by atomic mass is 10.3. The highest BCUT2D eigenvalue weighted by molar-refractivity contribution is 5.92. The van der Waals surface area contributed by atoms with Gasteiger partial charge in [0, 0.05) is 0 Å². The summed E-state index contributed by atoms with van der Waals surface area (Å²) in [7, 11) is 3.50. The Morgan fingerprint density at radius 3 is 2.12 bits per heavy atom. The molecule has 7 nitrogen and oxygen atoms in total. The molecule has 0 bridgehead atoms. The number of alkyl carbamates (subject to hydrolysis) is 1. The number of rotatable bonds is 4. The van der Waals surface area contributed by atoms with E-state index >= 15 is 0 Å². The van der Waals surface area contributed by atoms with Crippen molar-refractivity contribution in [1.29, 1.82) is 0 Å². The summed E-state index contributed by atoms with van der Waals surface area (Å²) in [5.41, 5.74) is -0.181. The lowest BCUT2D eigenvalue weighted by molar-refractivity contribution is -0.139. The van der Waals surface area contributed by atoms with Crippen molar-refractivity contribution in [2.75, 3.05) is 21.3 Å². The molecule has 0 aromatic carbocycles. The number of ether oxygens (including phenoxy) is 3. The van der Waals surface area contributed by atoms with E-state index < -0.39 is 18.0 Å². The van der Waals surface area contributed by atoms with Crippen molar-refractivity contribution in [2.24, 2.45) is 0 Å². The molecule has 0 spiro atoms. The number of nitrogens with one attached hydrogen (secondary N) is 1. The Morgan fingerprint density at radius 2 is 1.69 bits per heavy atom. The minimum Gasteiger partial charge on any atom is -0.469 e. The van der Waals surface area contributed by atoms with Crippen molar-refractivity contribution in [3.05, 3.63) is 11.8 Å². The van der Waals surface area contributed by atoms with Gasteiger partial charge in [0.2, 0.25) is 0 Å². The molecule has 1 amide bonds. The van der Waals surface area contributed by atoms with Crippen LogP contribution in [0.1, 0.15) is 6.42 Å². The van der Waals surface area contributed by atoms with Gasteiger partial charge in [-0.15, -0.1) is 0 Å². The fraction of sp³-hybridized carbons (Fsp3) is 0.444. The van der Waals surface area contributed by atoms with Crippen LogP contribution in [0.3, 0.4) is 0 Å². The quantitative estimate of drug-likeness (QED) is 0.415. The zero-order valence-electron chi connectivity index (χ0n) is 9.23. The Labute approximate surface area is 92.3 Å². The number of carbonyl (C=O) groups is 3. The molecule has 0 aliphatic rings. The van der Waals surface area contributed by atoms with Crippen LogP contribution in [0.5, 0.6) is 0 Å². The number of amides is 1. The van der Waals surface area contributed by atoms with E-state index in [4.69, 9.17) is 0 Å². The molecule has 16 heavy (non-hydrogen) atoms. The van der Waals surface area contributed by atoms with Crippen molar-refractivity contribution in [3.63, 3.8) is 0 Å². The third-order valence-corrected chi connectivity index (χ3v) is 1.53. The molecule has 7 heteroatoms. The molecule has 0 radical (unpaired) electrons. The molecule has 0 unspecified atom stereocenters. The van der Waals surface area contributed by atoms with Crippen molar-refractivity contribution < 1.29 is 28.6 Å². The second-order valence-corrected chi connectivity index (χ2v) is 2.51. The number of hydrogen-bond donors (Lipinski definition) is 1. The summed E-state index contributed by atoms with van der Waals surface area (Å²) in [6.07, 6.45) is 0.181. The second kappa shape index (κ2) is 7.27. The van der Waals surface area contributed by atoms with Crippen LogP contribution in [0.2, 0.25) is 0 Å². The maximum atomic E-state index is 11.2. The predicted octanol–water partition coefficient (Wildman–Crippen LogP) is -0.0376. The smallest absolute Gasteiger partial charge is 0.411 e. The normalized spacial score (nSPS) is 10.3. The first kappa shape index (κ1) is 13.9. The van der Waals surface area contributed by atoms with Crippen LogP contribution in [0, 0.1) is 0 Å². The third kappa shape index (κ3) is 4.99. The van der Waals surface area contributed by atoms with Gasteiger partial charge in [-0.25, -0.2) is 9.59 Å². The maximum absolute atomic E-state index is 11.2. The van der Waals surface area contributed by atoms with Crippen LogP contribution >= 0.6 is 0 Å². The van der Waals surface area contributed by atoms with Crippen LogP contribution in [-0.4, -0.2) is 39.4 Å². The third-order valence-electron chi connectivity index (χ3n) is 1.53. The van der Waals surface area contributed by atoms with E-state index in [-0.39, 0.29) is 12.1 Å². The van der Waals surface area contributed by atoms with E-state index in [1.165, 1.54) is 13.2 Å². The van der Waals surface area contributed by atoms with Crippen LogP contribution in [0.25, 0.3) is 0 Å². The van der Waals surface area contributed by atoms with Gasteiger partial charge < -0.3 is 14.2 Å². The zero-order chi connectivity index (χ0) is 12.6. The van der Waals surface area contributed by atoms with Gasteiger partial charge in [-0.3, -0.25) is 10.1 Å². The first-order valence-electron chi connectivity index (χ1n) is 4.25. The largest absolute Gasteiger partial charge is 0.469 e. The van der Waals surface area contributed by atoms with Crippen molar-refractivity contribution in [1.82, 2.24) is 5.32 Å². The molecule has 0 heterocycles. The molecule has 0 rings (SSSR count). The van der Waals surface area contributed by atoms with E-state index in [2.05, 4.69) is 19.5 Å². The van der Waals surface area contributed by atoms with Crippen LogP contribution < -0.4 is 5.32 Å². The van der Waals surface area contributed by atoms with Gasteiger partial charge >= 0.3 is 18.0 Å². The Bertz CT molecular complexity index is 309. The predicted molar refractivity (Wildman–Crippen MR) is 52.3 cm³/mol. The summed E-state index contributed by atoms with van der Waals surface area (Å²) in [5.74, 6) is -1.33. The first-order valence-corrected chi connectivity index (χ1v) is 4.25. The molecule has 90 valence electrons. The summed E-state index contributed by atoms with van der Waals surface area (Å²) >= 11 is 0. The number of methoxy groups -OCH3 is 3. The van der Waals surface area contributed by atoms with Crippen molar-refractivity contribution in [3.8, 4) is 0 Å². The van der Waals surface area contributed by atoms with Crippen molar-refractivity contribution >= 4 is 18.0 Å². The highest BCUT2D eigenvalue weighted by atomic mass is 16.5. The van der Waals surface area contributed by atoms with Crippen LogP contribution in [0.15, 0.2) is 11.8 Å². The van der Waals surface area contributed by atoms with E-state index in [0.29, 0.717) is 0 Å². The standard InChI is InChI=1S/C9H13NO6/c1-14-7(11)5-4-6(8(12)15-2)10-9(13)16-3/h4H,5H2,1-3H3,(H,10,13)/b6-4+. The Hall–Kier alpha value is -2.05. The number of hydrogen-bond acceptors (Lipinski definition) is 6. The average Bonchev–Trinajstić information content (AvgIpc) is 2.32. The number of esters is 2. The molecule has 0 aromatic rings. The monoisotopic (exact) mass is 231 g/mol. The van der Waals surface area contributed by atoms with Gasteiger partial charge in [0.05, 0.1) is 27.8 Å². The Kier molecular flexibility index (Phi) is 6.34. The van der Waals surface area contributed by atoms with Gasteiger partial charge in [-0.05, 0) is 6.08 Å². The van der Waals surface area contributed by atoms with E-state index in [9.17, 15) is 14.4 Å². The van der Waals surface area contributed by atoms with E-state index in [1.807, 2.05) is 0 Å². The summed E-state index contributed by atoms with van der Waals surface area (Å²) < 4.78 is 13.1. The highest BCUT2D eigenvalue weighted by Crippen LogP contribution is 1.98. The Balaban J connectivity index is 4.59. The SMILES string of the molecule is COC(=O)C/C=C(/NC(=O)OC)C(=O)OC. The van der Waals surface area contributed by atoms with Gasteiger partial charge in [-0.1, -0.05) is 0 Å².